The molecule has 1 N–H and O–H groups in total. The van der Waals surface area contributed by atoms with Crippen molar-refractivity contribution in [1.29, 1.82) is 0 Å². The zero-order chi connectivity index (χ0) is 14.5. The van der Waals surface area contributed by atoms with E-state index in [1.54, 1.807) is 18.4 Å². The summed E-state index contributed by atoms with van der Waals surface area (Å²) in [5, 5.41) is 4.52. The molecule has 1 aromatic rings. The molecule has 1 rings (SSSR count). The van der Waals surface area contributed by atoms with Crippen LogP contribution in [0.5, 0.6) is 0 Å². The quantitative estimate of drug-likeness (QED) is 0.823. The highest BCUT2D eigenvalue weighted by Crippen LogP contribution is 2.38. The molecular weight excluding hydrogens is 256 g/mol. The third-order valence-corrected chi connectivity index (χ3v) is 4.20. The van der Waals surface area contributed by atoms with Crippen LogP contribution in [0.1, 0.15) is 62.7 Å². The lowest BCUT2D eigenvalue weighted by molar-refractivity contribution is 0.0149. The summed E-state index contributed by atoms with van der Waals surface area (Å²) in [4.78, 5) is 6.21. The van der Waals surface area contributed by atoms with E-state index in [2.05, 4.69) is 39.9 Å². The lowest BCUT2D eigenvalue weighted by Gasteiger charge is -2.27. The molecule has 0 saturated heterocycles. The molecule has 0 spiro atoms. The number of thiazole rings is 1. The Morgan fingerprint density at radius 2 is 2.00 bits per heavy atom. The molecular formula is C15H28N2OS. The van der Waals surface area contributed by atoms with Crippen LogP contribution >= 0.6 is 11.3 Å². The molecule has 1 aromatic heterocycles. The van der Waals surface area contributed by atoms with E-state index in [1.807, 2.05) is 0 Å². The SMILES string of the molecule is CCCc1nc(C(OC)C(C)(C)C)sc1CNCC. The van der Waals surface area contributed by atoms with Gasteiger partial charge in [-0.15, -0.1) is 11.3 Å². The van der Waals surface area contributed by atoms with Gasteiger partial charge in [-0.25, -0.2) is 4.98 Å². The molecule has 1 unspecified atom stereocenters. The average Bonchev–Trinajstić information content (AvgIpc) is 2.69. The summed E-state index contributed by atoms with van der Waals surface area (Å²) in [6, 6.07) is 0. The number of aromatic nitrogens is 1. The predicted octanol–water partition coefficient (Wildman–Crippen LogP) is 3.94. The van der Waals surface area contributed by atoms with E-state index in [-0.39, 0.29) is 11.5 Å². The summed E-state index contributed by atoms with van der Waals surface area (Å²) < 4.78 is 5.68. The fourth-order valence-electron chi connectivity index (χ4n) is 2.15. The van der Waals surface area contributed by atoms with Gasteiger partial charge in [0.05, 0.1) is 5.69 Å². The van der Waals surface area contributed by atoms with E-state index in [9.17, 15) is 0 Å². The van der Waals surface area contributed by atoms with Crippen molar-refractivity contribution in [1.82, 2.24) is 10.3 Å². The van der Waals surface area contributed by atoms with Gasteiger partial charge in [0.2, 0.25) is 0 Å². The molecule has 0 saturated carbocycles. The molecule has 3 nitrogen and oxygen atoms in total. The summed E-state index contributed by atoms with van der Waals surface area (Å²) in [7, 11) is 1.78. The predicted molar refractivity (Wildman–Crippen MR) is 82.7 cm³/mol. The van der Waals surface area contributed by atoms with Crippen molar-refractivity contribution in [3.63, 3.8) is 0 Å². The lowest BCUT2D eigenvalue weighted by atomic mass is 9.89. The number of nitrogens with zero attached hydrogens (tertiary/aromatic N) is 1. The van der Waals surface area contributed by atoms with Crippen LogP contribution < -0.4 is 5.32 Å². The number of methoxy groups -OCH3 is 1. The van der Waals surface area contributed by atoms with Crippen molar-refractivity contribution in [2.45, 2.75) is 60.1 Å². The second-order valence-corrected chi connectivity index (χ2v) is 7.05. The number of hydrogen-bond donors (Lipinski definition) is 1. The standard InChI is InChI=1S/C15H28N2OS/c1-7-9-11-12(10-16-8-2)19-14(17-11)13(18-6)15(3,4)5/h13,16H,7-10H2,1-6H3. The Morgan fingerprint density at radius 3 is 2.47 bits per heavy atom. The van der Waals surface area contributed by atoms with Gasteiger partial charge in [0.1, 0.15) is 11.1 Å². The van der Waals surface area contributed by atoms with Crippen molar-refractivity contribution in [2.75, 3.05) is 13.7 Å². The molecule has 110 valence electrons. The molecule has 0 amide bonds. The lowest BCUT2D eigenvalue weighted by Crippen LogP contribution is -2.19. The van der Waals surface area contributed by atoms with Gasteiger partial charge < -0.3 is 10.1 Å². The average molecular weight is 284 g/mol. The Morgan fingerprint density at radius 1 is 1.32 bits per heavy atom. The molecule has 1 heterocycles. The highest BCUT2D eigenvalue weighted by atomic mass is 32.1. The Bertz CT molecular complexity index is 382. The summed E-state index contributed by atoms with van der Waals surface area (Å²) in [5.41, 5.74) is 1.32. The molecule has 0 aliphatic carbocycles. The van der Waals surface area contributed by atoms with Crippen molar-refractivity contribution in [2.24, 2.45) is 5.41 Å². The second-order valence-electron chi connectivity index (χ2n) is 5.93. The molecule has 4 heteroatoms. The second kappa shape index (κ2) is 7.36. The van der Waals surface area contributed by atoms with Crippen molar-refractivity contribution in [3.05, 3.63) is 15.6 Å². The van der Waals surface area contributed by atoms with Crippen LogP contribution in [-0.4, -0.2) is 18.6 Å². The minimum absolute atomic E-state index is 0.0727. The highest BCUT2D eigenvalue weighted by molar-refractivity contribution is 7.11. The van der Waals surface area contributed by atoms with Gasteiger partial charge in [-0.05, 0) is 18.4 Å². The van der Waals surface area contributed by atoms with Crippen LogP contribution in [0.3, 0.4) is 0 Å². The fourth-order valence-corrected chi connectivity index (χ4v) is 3.55. The third kappa shape index (κ3) is 4.55. The van der Waals surface area contributed by atoms with E-state index < -0.39 is 0 Å². The zero-order valence-electron chi connectivity index (χ0n) is 13.2. The first-order valence-corrected chi connectivity index (χ1v) is 7.97. The minimum atomic E-state index is 0.0727. The van der Waals surface area contributed by atoms with Crippen LogP contribution in [0.15, 0.2) is 0 Å². The Balaban J connectivity index is 3.01. The molecule has 1 atom stereocenters. The van der Waals surface area contributed by atoms with Gasteiger partial charge in [-0.2, -0.15) is 0 Å². The Kier molecular flexibility index (Phi) is 6.43. The molecule has 0 bridgehead atoms. The largest absolute Gasteiger partial charge is 0.374 e. The van der Waals surface area contributed by atoms with Gasteiger partial charge >= 0.3 is 0 Å². The number of ether oxygens (including phenoxy) is 1. The van der Waals surface area contributed by atoms with Crippen LogP contribution in [0.2, 0.25) is 0 Å². The molecule has 0 aliphatic rings. The van der Waals surface area contributed by atoms with Crippen LogP contribution in [0, 0.1) is 5.41 Å². The van der Waals surface area contributed by atoms with Gasteiger partial charge in [-0.1, -0.05) is 41.0 Å². The van der Waals surface area contributed by atoms with Crippen molar-refractivity contribution in [3.8, 4) is 0 Å². The summed E-state index contributed by atoms with van der Waals surface area (Å²) >= 11 is 1.80. The highest BCUT2D eigenvalue weighted by Gasteiger charge is 2.29. The Hall–Kier alpha value is -0.450. The maximum Gasteiger partial charge on any atom is 0.123 e. The molecule has 0 radical (unpaired) electrons. The van der Waals surface area contributed by atoms with Gasteiger partial charge in [0.15, 0.2) is 0 Å². The third-order valence-electron chi connectivity index (χ3n) is 3.06. The van der Waals surface area contributed by atoms with Crippen LogP contribution in [0.4, 0.5) is 0 Å². The number of hydrogen-bond acceptors (Lipinski definition) is 4. The van der Waals surface area contributed by atoms with Crippen molar-refractivity contribution < 1.29 is 4.74 Å². The molecule has 0 aliphatic heterocycles. The Labute approximate surface area is 121 Å². The molecule has 0 fully saturated rings. The zero-order valence-corrected chi connectivity index (χ0v) is 14.0. The van der Waals surface area contributed by atoms with Crippen LogP contribution in [-0.2, 0) is 17.7 Å². The minimum Gasteiger partial charge on any atom is -0.374 e. The van der Waals surface area contributed by atoms with E-state index in [0.29, 0.717) is 0 Å². The molecule has 0 aromatic carbocycles. The number of aryl methyl sites for hydroxylation is 1. The van der Waals surface area contributed by atoms with E-state index in [0.717, 1.165) is 30.9 Å². The van der Waals surface area contributed by atoms with Crippen molar-refractivity contribution >= 4 is 11.3 Å². The maximum absolute atomic E-state index is 5.68. The van der Waals surface area contributed by atoms with E-state index >= 15 is 0 Å². The first-order valence-electron chi connectivity index (χ1n) is 7.16. The number of nitrogens with one attached hydrogen (secondary N) is 1. The van der Waals surface area contributed by atoms with E-state index in [4.69, 9.17) is 9.72 Å². The monoisotopic (exact) mass is 284 g/mol. The fraction of sp³-hybridized carbons (Fsp3) is 0.800. The normalized spacial score (nSPS) is 13.8. The smallest absolute Gasteiger partial charge is 0.123 e. The van der Waals surface area contributed by atoms with Gasteiger partial charge in [0.25, 0.3) is 0 Å². The number of rotatable bonds is 7. The summed E-state index contributed by atoms with van der Waals surface area (Å²) in [6.45, 7) is 12.8. The molecule has 19 heavy (non-hydrogen) atoms. The summed E-state index contributed by atoms with van der Waals surface area (Å²) in [6.07, 6.45) is 2.26. The van der Waals surface area contributed by atoms with Gasteiger partial charge in [0, 0.05) is 18.5 Å². The van der Waals surface area contributed by atoms with Crippen LogP contribution in [0.25, 0.3) is 0 Å². The van der Waals surface area contributed by atoms with E-state index in [1.165, 1.54) is 10.6 Å². The topological polar surface area (TPSA) is 34.1 Å². The first kappa shape index (κ1) is 16.6. The maximum atomic E-state index is 5.68. The summed E-state index contributed by atoms with van der Waals surface area (Å²) in [5.74, 6) is 0. The first-order chi connectivity index (χ1) is 8.93. The van der Waals surface area contributed by atoms with Gasteiger partial charge in [-0.3, -0.25) is 0 Å².